The molecule has 1 heterocycles. The van der Waals surface area contributed by atoms with Gasteiger partial charge in [-0.2, -0.15) is 0 Å². The number of hydrogen-bond donors (Lipinski definition) is 0. The molecule has 4 heteroatoms. The maximum atomic E-state index is 5.86. The Morgan fingerprint density at radius 3 is 2.39 bits per heavy atom. The highest BCUT2D eigenvalue weighted by atomic mass is 16.4. The van der Waals surface area contributed by atoms with Gasteiger partial charge in [0.2, 0.25) is 11.8 Å². The third-order valence-electron chi connectivity index (χ3n) is 3.90. The van der Waals surface area contributed by atoms with Crippen LogP contribution in [0, 0.1) is 6.92 Å². The van der Waals surface area contributed by atoms with E-state index in [2.05, 4.69) is 46.3 Å². The standard InChI is InChI=1S/C19H21N3O/c1-3-22(13-16-10-5-4-6-11-16)14-18-20-21-19(23-18)17-12-8-7-9-15(17)2/h4-12H,3,13-14H2,1-2H3. The molecule has 0 saturated carbocycles. The molecule has 0 radical (unpaired) electrons. The Balaban J connectivity index is 1.71. The van der Waals surface area contributed by atoms with Crippen molar-refractivity contribution in [2.75, 3.05) is 6.54 Å². The van der Waals surface area contributed by atoms with Crippen molar-refractivity contribution in [2.45, 2.75) is 26.9 Å². The maximum absolute atomic E-state index is 5.86. The molecule has 0 unspecified atom stereocenters. The molecule has 0 bridgehead atoms. The van der Waals surface area contributed by atoms with E-state index in [-0.39, 0.29) is 0 Å². The second-order valence-electron chi connectivity index (χ2n) is 5.60. The normalized spacial score (nSPS) is 11.1. The molecule has 3 rings (SSSR count). The van der Waals surface area contributed by atoms with E-state index < -0.39 is 0 Å². The highest BCUT2D eigenvalue weighted by Gasteiger charge is 2.13. The van der Waals surface area contributed by atoms with Gasteiger partial charge >= 0.3 is 0 Å². The molecule has 0 atom stereocenters. The second-order valence-corrected chi connectivity index (χ2v) is 5.60. The zero-order valence-corrected chi connectivity index (χ0v) is 13.6. The van der Waals surface area contributed by atoms with E-state index in [4.69, 9.17) is 4.42 Å². The first-order chi connectivity index (χ1) is 11.3. The number of hydrogen-bond acceptors (Lipinski definition) is 4. The average Bonchev–Trinajstić information content (AvgIpc) is 3.04. The van der Waals surface area contributed by atoms with Crippen LogP contribution >= 0.6 is 0 Å². The van der Waals surface area contributed by atoms with Crippen LogP contribution in [-0.4, -0.2) is 21.6 Å². The van der Waals surface area contributed by atoms with Gasteiger partial charge in [0.15, 0.2) is 0 Å². The van der Waals surface area contributed by atoms with E-state index in [0.717, 1.165) is 24.2 Å². The number of rotatable bonds is 6. The third-order valence-corrected chi connectivity index (χ3v) is 3.90. The molecular weight excluding hydrogens is 286 g/mol. The Hall–Kier alpha value is -2.46. The first kappa shape index (κ1) is 15.4. The molecule has 0 amide bonds. The summed E-state index contributed by atoms with van der Waals surface area (Å²) >= 11 is 0. The second kappa shape index (κ2) is 7.20. The van der Waals surface area contributed by atoms with E-state index in [1.54, 1.807) is 0 Å². The molecule has 0 saturated heterocycles. The van der Waals surface area contributed by atoms with Gasteiger partial charge in [-0.15, -0.1) is 10.2 Å². The topological polar surface area (TPSA) is 42.2 Å². The van der Waals surface area contributed by atoms with Crippen LogP contribution in [-0.2, 0) is 13.1 Å². The van der Waals surface area contributed by atoms with Crippen molar-refractivity contribution in [3.8, 4) is 11.5 Å². The summed E-state index contributed by atoms with van der Waals surface area (Å²) in [5, 5.41) is 8.40. The van der Waals surface area contributed by atoms with E-state index in [1.165, 1.54) is 5.56 Å². The van der Waals surface area contributed by atoms with Crippen LogP contribution in [0.1, 0.15) is 23.9 Å². The maximum Gasteiger partial charge on any atom is 0.248 e. The van der Waals surface area contributed by atoms with Gasteiger partial charge in [-0.25, -0.2) is 0 Å². The third kappa shape index (κ3) is 3.85. The molecule has 4 nitrogen and oxygen atoms in total. The molecule has 0 aliphatic heterocycles. The average molecular weight is 307 g/mol. The van der Waals surface area contributed by atoms with Crippen molar-refractivity contribution in [1.82, 2.24) is 15.1 Å². The quantitative estimate of drug-likeness (QED) is 0.688. The Morgan fingerprint density at radius 1 is 0.913 bits per heavy atom. The summed E-state index contributed by atoms with van der Waals surface area (Å²) < 4.78 is 5.86. The number of aromatic nitrogens is 2. The Bertz CT molecular complexity index is 752. The minimum atomic E-state index is 0.592. The Labute approximate surface area is 136 Å². The summed E-state index contributed by atoms with van der Waals surface area (Å²) in [4.78, 5) is 2.28. The minimum absolute atomic E-state index is 0.592. The molecule has 3 aromatic rings. The highest BCUT2D eigenvalue weighted by Crippen LogP contribution is 2.22. The lowest BCUT2D eigenvalue weighted by Crippen LogP contribution is -2.22. The van der Waals surface area contributed by atoms with Crippen molar-refractivity contribution < 1.29 is 4.42 Å². The van der Waals surface area contributed by atoms with E-state index in [9.17, 15) is 0 Å². The molecule has 1 aromatic heterocycles. The van der Waals surface area contributed by atoms with Gasteiger partial charge < -0.3 is 4.42 Å². The van der Waals surface area contributed by atoms with Crippen molar-refractivity contribution in [2.24, 2.45) is 0 Å². The lowest BCUT2D eigenvalue weighted by Gasteiger charge is -2.18. The van der Waals surface area contributed by atoms with E-state index in [0.29, 0.717) is 18.3 Å². The molecule has 0 aliphatic carbocycles. The van der Waals surface area contributed by atoms with E-state index >= 15 is 0 Å². The summed E-state index contributed by atoms with van der Waals surface area (Å²) in [7, 11) is 0. The van der Waals surface area contributed by atoms with Crippen LogP contribution in [0.15, 0.2) is 59.0 Å². The first-order valence-electron chi connectivity index (χ1n) is 7.91. The molecule has 0 spiro atoms. The molecule has 118 valence electrons. The van der Waals surface area contributed by atoms with Crippen LogP contribution in [0.3, 0.4) is 0 Å². The van der Waals surface area contributed by atoms with Crippen molar-refractivity contribution in [3.63, 3.8) is 0 Å². The zero-order chi connectivity index (χ0) is 16.1. The smallest absolute Gasteiger partial charge is 0.248 e. The molecule has 2 aromatic carbocycles. The lowest BCUT2D eigenvalue weighted by atomic mass is 10.1. The van der Waals surface area contributed by atoms with Crippen LogP contribution in [0.5, 0.6) is 0 Å². The number of benzene rings is 2. The van der Waals surface area contributed by atoms with Gasteiger partial charge in [0, 0.05) is 12.1 Å². The van der Waals surface area contributed by atoms with Gasteiger partial charge in [0.05, 0.1) is 6.54 Å². The summed E-state index contributed by atoms with van der Waals surface area (Å²) in [5.41, 5.74) is 3.42. The number of aryl methyl sites for hydroxylation is 1. The summed E-state index contributed by atoms with van der Waals surface area (Å²) in [6.45, 7) is 6.65. The van der Waals surface area contributed by atoms with Gasteiger partial charge in [0.25, 0.3) is 0 Å². The molecule has 0 aliphatic rings. The van der Waals surface area contributed by atoms with Gasteiger partial charge in [-0.3, -0.25) is 4.90 Å². The minimum Gasteiger partial charge on any atom is -0.419 e. The largest absolute Gasteiger partial charge is 0.419 e. The molecule has 0 N–H and O–H groups in total. The van der Waals surface area contributed by atoms with Gasteiger partial charge in [-0.05, 0) is 30.7 Å². The monoisotopic (exact) mass is 307 g/mol. The van der Waals surface area contributed by atoms with Crippen LogP contribution in [0.25, 0.3) is 11.5 Å². The highest BCUT2D eigenvalue weighted by molar-refractivity contribution is 5.57. The summed E-state index contributed by atoms with van der Waals surface area (Å²) in [6.07, 6.45) is 0. The fraction of sp³-hybridized carbons (Fsp3) is 0.263. The predicted octanol–water partition coefficient (Wildman–Crippen LogP) is 4.07. The molecule has 23 heavy (non-hydrogen) atoms. The van der Waals surface area contributed by atoms with Crippen molar-refractivity contribution in [3.05, 3.63) is 71.6 Å². The zero-order valence-electron chi connectivity index (χ0n) is 13.6. The summed E-state index contributed by atoms with van der Waals surface area (Å²) in [6, 6.07) is 18.5. The summed E-state index contributed by atoms with van der Waals surface area (Å²) in [5.74, 6) is 1.25. The number of nitrogens with zero attached hydrogens (tertiary/aromatic N) is 3. The van der Waals surface area contributed by atoms with Crippen LogP contribution < -0.4 is 0 Å². The Morgan fingerprint density at radius 2 is 1.65 bits per heavy atom. The molecule has 0 fully saturated rings. The van der Waals surface area contributed by atoms with Crippen LogP contribution in [0.2, 0.25) is 0 Å². The SMILES string of the molecule is CCN(Cc1ccccc1)Cc1nnc(-c2ccccc2C)o1. The Kier molecular flexibility index (Phi) is 4.83. The van der Waals surface area contributed by atoms with Gasteiger partial charge in [-0.1, -0.05) is 55.5 Å². The van der Waals surface area contributed by atoms with Crippen molar-refractivity contribution in [1.29, 1.82) is 0 Å². The first-order valence-corrected chi connectivity index (χ1v) is 7.91. The van der Waals surface area contributed by atoms with Gasteiger partial charge in [0.1, 0.15) is 0 Å². The lowest BCUT2D eigenvalue weighted by molar-refractivity contribution is 0.243. The fourth-order valence-electron chi connectivity index (χ4n) is 2.55. The molecular formula is C19H21N3O. The predicted molar refractivity (Wildman–Crippen MR) is 90.7 cm³/mol. The van der Waals surface area contributed by atoms with Crippen LogP contribution in [0.4, 0.5) is 0 Å². The van der Waals surface area contributed by atoms with Crippen molar-refractivity contribution >= 4 is 0 Å². The fourth-order valence-corrected chi connectivity index (χ4v) is 2.55. The van der Waals surface area contributed by atoms with E-state index in [1.807, 2.05) is 37.3 Å².